The van der Waals surface area contributed by atoms with Gasteiger partial charge in [-0.15, -0.1) is 0 Å². The fourth-order valence-electron chi connectivity index (χ4n) is 3.41. The number of nitro benzene ring substituents is 1. The molecule has 8 nitrogen and oxygen atoms in total. The van der Waals surface area contributed by atoms with Crippen LogP contribution in [0.5, 0.6) is 0 Å². The smallest absolute Gasteiger partial charge is 0.330 e. The van der Waals surface area contributed by atoms with Crippen molar-refractivity contribution in [1.29, 1.82) is 0 Å². The van der Waals surface area contributed by atoms with Crippen molar-refractivity contribution in [2.45, 2.75) is 39.2 Å². The van der Waals surface area contributed by atoms with Crippen molar-refractivity contribution in [3.8, 4) is 0 Å². The van der Waals surface area contributed by atoms with E-state index < -0.39 is 22.0 Å². The Morgan fingerprint density at radius 1 is 1.09 bits per heavy atom. The molecule has 32 heavy (non-hydrogen) atoms. The number of rotatable bonds is 10. The predicted molar refractivity (Wildman–Crippen MR) is 121 cm³/mol. The molecule has 9 heteroatoms. The molecule has 2 aromatic carbocycles. The average molecular weight is 440 g/mol. The highest BCUT2D eigenvalue weighted by molar-refractivity contribution is 5.43. The first-order valence-corrected chi connectivity index (χ1v) is 10.5. The van der Waals surface area contributed by atoms with Gasteiger partial charge in [0.25, 0.3) is 11.2 Å². The van der Waals surface area contributed by atoms with Crippen LogP contribution in [0.15, 0.2) is 58.1 Å². The summed E-state index contributed by atoms with van der Waals surface area (Å²) in [5.41, 5.74) is 0.561. The maximum Gasteiger partial charge on any atom is 0.330 e. The first-order chi connectivity index (χ1) is 15.4. The van der Waals surface area contributed by atoms with Gasteiger partial charge in [0.15, 0.2) is 0 Å². The number of H-pyrrole nitrogens is 1. The molecule has 3 rings (SSSR count). The molecule has 0 aliphatic carbocycles. The lowest BCUT2D eigenvalue weighted by Crippen LogP contribution is -2.39. The first kappa shape index (κ1) is 22.9. The van der Waals surface area contributed by atoms with Gasteiger partial charge in [-0.05, 0) is 30.9 Å². The summed E-state index contributed by atoms with van der Waals surface area (Å²) >= 11 is 0. The Hall–Kier alpha value is -3.75. The number of hydrogen-bond donors (Lipinski definition) is 2. The van der Waals surface area contributed by atoms with Gasteiger partial charge in [-0.2, -0.15) is 0 Å². The molecular formula is C23H25FN4O4. The van der Waals surface area contributed by atoms with E-state index >= 15 is 0 Å². The third kappa shape index (κ3) is 5.48. The second kappa shape index (κ2) is 10.5. The number of nitrogens with one attached hydrogen (secondary N) is 2. The predicted octanol–water partition coefficient (Wildman–Crippen LogP) is 3.63. The summed E-state index contributed by atoms with van der Waals surface area (Å²) in [6, 6.07) is 12.3. The van der Waals surface area contributed by atoms with Crippen LogP contribution in [0.4, 0.5) is 15.9 Å². The number of nitro groups is 1. The Bertz CT molecular complexity index is 1200. The Morgan fingerprint density at radius 2 is 1.81 bits per heavy atom. The largest absolute Gasteiger partial charge is 0.371 e. The van der Waals surface area contributed by atoms with E-state index in [9.17, 15) is 24.1 Å². The lowest BCUT2D eigenvalue weighted by molar-refractivity contribution is -0.384. The van der Waals surface area contributed by atoms with Crippen LogP contribution < -0.4 is 16.6 Å². The van der Waals surface area contributed by atoms with Crippen molar-refractivity contribution in [2.75, 3.05) is 11.9 Å². The summed E-state index contributed by atoms with van der Waals surface area (Å²) in [4.78, 5) is 38.7. The quantitative estimate of drug-likeness (QED) is 0.370. The van der Waals surface area contributed by atoms with Crippen molar-refractivity contribution < 1.29 is 9.31 Å². The molecule has 2 N–H and O–H groups in total. The van der Waals surface area contributed by atoms with Crippen LogP contribution in [0.2, 0.25) is 0 Å². The van der Waals surface area contributed by atoms with Gasteiger partial charge in [0.2, 0.25) is 0 Å². The van der Waals surface area contributed by atoms with Crippen LogP contribution in [-0.4, -0.2) is 21.0 Å². The van der Waals surface area contributed by atoms with Crippen molar-refractivity contribution in [2.24, 2.45) is 0 Å². The zero-order valence-electron chi connectivity index (χ0n) is 17.8. The van der Waals surface area contributed by atoms with E-state index in [1.165, 1.54) is 18.2 Å². The lowest BCUT2D eigenvalue weighted by atomic mass is 10.1. The number of anilines is 1. The van der Waals surface area contributed by atoms with Gasteiger partial charge in [-0.25, -0.2) is 9.18 Å². The molecule has 0 bridgehead atoms. The van der Waals surface area contributed by atoms with Gasteiger partial charge >= 0.3 is 5.69 Å². The zero-order valence-corrected chi connectivity index (χ0v) is 17.8. The molecule has 0 aliphatic rings. The van der Waals surface area contributed by atoms with E-state index in [-0.39, 0.29) is 17.8 Å². The molecular weight excluding hydrogens is 415 g/mol. The number of hydrogen-bond acceptors (Lipinski definition) is 5. The van der Waals surface area contributed by atoms with Crippen molar-refractivity contribution in [3.63, 3.8) is 0 Å². The van der Waals surface area contributed by atoms with Crippen molar-refractivity contribution in [1.82, 2.24) is 9.55 Å². The minimum atomic E-state index is -0.615. The van der Waals surface area contributed by atoms with E-state index in [1.54, 1.807) is 30.3 Å². The van der Waals surface area contributed by atoms with Gasteiger partial charge in [0.05, 0.1) is 17.0 Å². The molecule has 0 fully saturated rings. The van der Waals surface area contributed by atoms with Crippen LogP contribution in [0.3, 0.4) is 0 Å². The van der Waals surface area contributed by atoms with Gasteiger partial charge in [-0.1, -0.05) is 43.7 Å². The number of unbranched alkanes of at least 4 members (excludes halogenated alkanes) is 1. The minimum absolute atomic E-state index is 0.0198. The molecule has 0 spiro atoms. The number of aromatic nitrogens is 2. The summed E-state index contributed by atoms with van der Waals surface area (Å²) in [5, 5.41) is 13.9. The highest BCUT2D eigenvalue weighted by Gasteiger charge is 2.15. The molecule has 1 aromatic heterocycles. The number of halogens is 1. The SMILES string of the molecule is CCCCc1c(NCCc2ccc([N+](=O)[O-])cc2)[nH]c(=O)n(Cc2ccccc2F)c1=O. The molecule has 168 valence electrons. The van der Waals surface area contributed by atoms with E-state index in [0.717, 1.165) is 23.0 Å². The maximum atomic E-state index is 14.0. The summed E-state index contributed by atoms with van der Waals surface area (Å²) in [5.74, 6) is -0.112. The topological polar surface area (TPSA) is 110 Å². The fourth-order valence-corrected chi connectivity index (χ4v) is 3.41. The molecule has 0 saturated heterocycles. The average Bonchev–Trinajstić information content (AvgIpc) is 2.78. The molecule has 0 unspecified atom stereocenters. The second-order valence-electron chi connectivity index (χ2n) is 7.47. The number of non-ortho nitro benzene ring substituents is 1. The van der Waals surface area contributed by atoms with Crippen LogP contribution in [0.25, 0.3) is 0 Å². The summed E-state index contributed by atoms with van der Waals surface area (Å²) in [7, 11) is 0. The Labute approximate surface area is 183 Å². The Balaban J connectivity index is 1.81. The molecule has 0 amide bonds. The normalized spacial score (nSPS) is 10.8. The van der Waals surface area contributed by atoms with Gasteiger partial charge < -0.3 is 5.32 Å². The monoisotopic (exact) mass is 440 g/mol. The molecule has 0 aliphatic heterocycles. The Kier molecular flexibility index (Phi) is 7.54. The molecule has 0 atom stereocenters. The third-order valence-electron chi connectivity index (χ3n) is 5.21. The minimum Gasteiger partial charge on any atom is -0.371 e. The highest BCUT2D eigenvalue weighted by atomic mass is 19.1. The summed E-state index contributed by atoms with van der Waals surface area (Å²) in [6.07, 6.45) is 2.65. The Morgan fingerprint density at radius 3 is 2.47 bits per heavy atom. The van der Waals surface area contributed by atoms with E-state index in [4.69, 9.17) is 0 Å². The third-order valence-corrected chi connectivity index (χ3v) is 5.21. The number of aromatic amines is 1. The molecule has 0 saturated carbocycles. The summed E-state index contributed by atoms with van der Waals surface area (Å²) < 4.78 is 15.1. The van der Waals surface area contributed by atoms with Crippen LogP contribution >= 0.6 is 0 Å². The zero-order chi connectivity index (χ0) is 23.1. The van der Waals surface area contributed by atoms with Crippen molar-refractivity contribution in [3.05, 3.63) is 102 Å². The van der Waals surface area contributed by atoms with Crippen LogP contribution in [0.1, 0.15) is 36.5 Å². The van der Waals surface area contributed by atoms with Crippen molar-refractivity contribution >= 4 is 11.5 Å². The fraction of sp³-hybridized carbons (Fsp3) is 0.304. The second-order valence-corrected chi connectivity index (χ2v) is 7.47. The summed E-state index contributed by atoms with van der Waals surface area (Å²) in [6.45, 7) is 2.28. The van der Waals surface area contributed by atoms with Gasteiger partial charge in [0, 0.05) is 24.2 Å². The molecule has 3 aromatic rings. The van der Waals surface area contributed by atoms with Crippen LogP contribution in [-0.2, 0) is 19.4 Å². The van der Waals surface area contributed by atoms with E-state index in [1.807, 2.05) is 6.92 Å². The first-order valence-electron chi connectivity index (χ1n) is 10.5. The highest BCUT2D eigenvalue weighted by Crippen LogP contribution is 2.14. The lowest BCUT2D eigenvalue weighted by Gasteiger charge is -2.14. The van der Waals surface area contributed by atoms with E-state index in [2.05, 4.69) is 10.3 Å². The number of nitrogens with zero attached hydrogens (tertiary/aromatic N) is 2. The maximum absolute atomic E-state index is 14.0. The van der Waals surface area contributed by atoms with Crippen LogP contribution in [0, 0.1) is 15.9 Å². The molecule has 1 heterocycles. The van der Waals surface area contributed by atoms with Gasteiger partial charge in [-0.3, -0.25) is 24.5 Å². The number of benzene rings is 2. The molecule has 0 radical (unpaired) electrons. The standard InChI is InChI=1S/C23H25FN4O4/c1-2-3-7-19-21(25-14-13-16-9-11-18(12-10-16)28(31)32)26-23(30)27(22(19)29)15-17-6-4-5-8-20(17)24/h4-6,8-12,25H,2-3,7,13-15H2,1H3,(H,26,30). The van der Waals surface area contributed by atoms with Gasteiger partial charge in [0.1, 0.15) is 11.6 Å². The van der Waals surface area contributed by atoms with E-state index in [0.29, 0.717) is 30.8 Å².